The van der Waals surface area contributed by atoms with Gasteiger partial charge in [0.05, 0.1) is 31.7 Å². The fourth-order valence-electron chi connectivity index (χ4n) is 10.8. The number of unbranched alkanes of at least 4 members (excludes halogenated alkanes) is 21. The summed E-state index contributed by atoms with van der Waals surface area (Å²) in [7, 11) is 0. The lowest BCUT2D eigenvalue weighted by atomic mass is 9.87. The largest absolute Gasteiger partial charge is 0.465 e. The quantitative estimate of drug-likeness (QED) is 0.0329. The van der Waals surface area contributed by atoms with Gasteiger partial charge in [0.15, 0.2) is 0 Å². The SMILES string of the molecule is CCCCCCCCC(CCCCCCCC)OC(=O)CCCCCCCOC(=O)[C@@H]1C[C@H](OC(=O)CCN2CCCOCC2)CN1CCCCCCC(C)(C)C(=O)OCCCC(CCCCC)CCCCC. The predicted octanol–water partition coefficient (Wildman–Crippen LogP) is 15.5. The molecule has 2 rings (SSSR count). The maximum atomic E-state index is 13.6. The first-order chi connectivity index (χ1) is 35.5. The van der Waals surface area contributed by atoms with Gasteiger partial charge in [0, 0.05) is 45.6 Å². The summed E-state index contributed by atoms with van der Waals surface area (Å²) in [4.78, 5) is 57.1. The molecule has 0 spiro atoms. The highest BCUT2D eigenvalue weighted by Gasteiger charge is 2.39. The second kappa shape index (κ2) is 44.8. The van der Waals surface area contributed by atoms with Gasteiger partial charge in [0.25, 0.3) is 0 Å². The predicted molar refractivity (Wildman–Crippen MR) is 300 cm³/mol. The lowest BCUT2D eigenvalue weighted by Gasteiger charge is -2.24. The van der Waals surface area contributed by atoms with Crippen LogP contribution in [0, 0.1) is 11.3 Å². The van der Waals surface area contributed by atoms with E-state index in [1.165, 1.54) is 116 Å². The summed E-state index contributed by atoms with van der Waals surface area (Å²) in [6, 6.07) is -0.436. The van der Waals surface area contributed by atoms with Crippen LogP contribution in [-0.2, 0) is 42.9 Å². The molecular weight excluding hydrogens is 917 g/mol. The molecule has 0 aliphatic carbocycles. The number of carbonyl (C=O) groups excluding carboxylic acids is 4. The van der Waals surface area contributed by atoms with Gasteiger partial charge in [-0.05, 0) is 96.9 Å². The summed E-state index contributed by atoms with van der Waals surface area (Å²) in [5.74, 6) is 0.171. The summed E-state index contributed by atoms with van der Waals surface area (Å²) < 4.78 is 29.4. The number of esters is 4. The van der Waals surface area contributed by atoms with Gasteiger partial charge in [0.1, 0.15) is 18.2 Å². The lowest BCUT2D eigenvalue weighted by Crippen LogP contribution is -2.38. The Bertz CT molecular complexity index is 1330. The fraction of sp³-hybridized carbons (Fsp3) is 0.935. The Morgan fingerprint density at radius 2 is 1.10 bits per heavy atom. The Morgan fingerprint density at radius 1 is 0.548 bits per heavy atom. The van der Waals surface area contributed by atoms with Crippen LogP contribution in [0.1, 0.15) is 286 Å². The number of hydrogen-bond acceptors (Lipinski definition) is 11. The molecule has 2 heterocycles. The van der Waals surface area contributed by atoms with E-state index in [2.05, 4.69) is 37.5 Å². The minimum Gasteiger partial charge on any atom is -0.465 e. The van der Waals surface area contributed by atoms with Gasteiger partial charge in [-0.3, -0.25) is 24.1 Å². The zero-order valence-electron chi connectivity index (χ0n) is 48.6. The molecule has 2 fully saturated rings. The third kappa shape index (κ3) is 34.9. The Kier molecular flexibility index (Phi) is 41.1. The molecule has 11 nitrogen and oxygen atoms in total. The molecule has 11 heteroatoms. The maximum Gasteiger partial charge on any atom is 0.323 e. The Labute approximate surface area is 449 Å². The van der Waals surface area contributed by atoms with Crippen molar-refractivity contribution in [1.29, 1.82) is 0 Å². The van der Waals surface area contributed by atoms with E-state index in [4.69, 9.17) is 23.7 Å². The zero-order chi connectivity index (χ0) is 53.0. The molecule has 73 heavy (non-hydrogen) atoms. The van der Waals surface area contributed by atoms with E-state index in [0.29, 0.717) is 52.2 Å². The molecular formula is C62H116N2O9. The van der Waals surface area contributed by atoms with Crippen molar-refractivity contribution in [2.75, 3.05) is 59.2 Å². The number of likely N-dealkylation sites (tertiary alicyclic amines) is 1. The highest BCUT2D eigenvalue weighted by Crippen LogP contribution is 2.28. The Morgan fingerprint density at radius 3 is 1.77 bits per heavy atom. The van der Waals surface area contributed by atoms with Crippen LogP contribution in [0.5, 0.6) is 0 Å². The maximum absolute atomic E-state index is 13.6. The molecule has 2 atom stereocenters. The van der Waals surface area contributed by atoms with Crippen molar-refractivity contribution in [2.24, 2.45) is 11.3 Å². The van der Waals surface area contributed by atoms with Gasteiger partial charge in [0.2, 0.25) is 0 Å². The van der Waals surface area contributed by atoms with Crippen LogP contribution >= 0.6 is 0 Å². The zero-order valence-corrected chi connectivity index (χ0v) is 48.6. The molecule has 0 N–H and O–H groups in total. The van der Waals surface area contributed by atoms with E-state index in [1.807, 2.05) is 13.8 Å². The van der Waals surface area contributed by atoms with Gasteiger partial charge in [-0.2, -0.15) is 0 Å². The third-order valence-corrected chi connectivity index (χ3v) is 15.7. The number of hydrogen-bond donors (Lipinski definition) is 0. The summed E-state index contributed by atoms with van der Waals surface area (Å²) in [5.41, 5.74) is -0.513. The summed E-state index contributed by atoms with van der Waals surface area (Å²) in [6.45, 7) is 19.1. The fourth-order valence-corrected chi connectivity index (χ4v) is 10.8. The second-order valence-corrected chi connectivity index (χ2v) is 23.0. The second-order valence-electron chi connectivity index (χ2n) is 23.0. The van der Waals surface area contributed by atoms with Gasteiger partial charge in [-0.1, -0.05) is 182 Å². The van der Waals surface area contributed by atoms with Gasteiger partial charge in [-0.15, -0.1) is 0 Å². The number of ether oxygens (including phenoxy) is 5. The van der Waals surface area contributed by atoms with E-state index < -0.39 is 11.5 Å². The minimum absolute atomic E-state index is 0.0468. The van der Waals surface area contributed by atoms with E-state index >= 15 is 0 Å². The van der Waals surface area contributed by atoms with Crippen molar-refractivity contribution in [2.45, 2.75) is 304 Å². The first kappa shape index (κ1) is 66.9. The summed E-state index contributed by atoms with van der Waals surface area (Å²) >= 11 is 0. The summed E-state index contributed by atoms with van der Waals surface area (Å²) in [5, 5.41) is 0. The van der Waals surface area contributed by atoms with Crippen molar-refractivity contribution in [3.8, 4) is 0 Å². The smallest absolute Gasteiger partial charge is 0.323 e. The molecule has 2 aliphatic rings. The van der Waals surface area contributed by atoms with Crippen molar-refractivity contribution in [3.63, 3.8) is 0 Å². The van der Waals surface area contributed by atoms with Gasteiger partial charge < -0.3 is 28.6 Å². The van der Waals surface area contributed by atoms with Crippen LogP contribution < -0.4 is 0 Å². The van der Waals surface area contributed by atoms with E-state index in [0.717, 1.165) is 141 Å². The first-order valence-electron chi connectivity index (χ1n) is 31.3. The van der Waals surface area contributed by atoms with Crippen LogP contribution in [-0.4, -0.2) is 111 Å². The normalized spacial score (nSPS) is 16.8. The van der Waals surface area contributed by atoms with Crippen LogP contribution in [0.3, 0.4) is 0 Å². The van der Waals surface area contributed by atoms with Crippen LogP contribution in [0.4, 0.5) is 0 Å². The summed E-state index contributed by atoms with van der Waals surface area (Å²) in [6.07, 6.45) is 40.5. The number of rotatable bonds is 48. The third-order valence-electron chi connectivity index (χ3n) is 15.7. The van der Waals surface area contributed by atoms with Crippen LogP contribution in [0.25, 0.3) is 0 Å². The van der Waals surface area contributed by atoms with Gasteiger partial charge >= 0.3 is 23.9 Å². The highest BCUT2D eigenvalue weighted by molar-refractivity contribution is 5.77. The molecule has 2 saturated heterocycles. The molecule has 0 aromatic carbocycles. The van der Waals surface area contributed by atoms with Crippen molar-refractivity contribution in [3.05, 3.63) is 0 Å². The molecule has 2 aliphatic heterocycles. The molecule has 0 aromatic heterocycles. The standard InChI is InChI=1S/C62H116N2O9/c1-7-11-15-17-20-28-39-55(40-29-21-18-16-12-8-2)72-58(65)41-30-22-19-25-33-49-70-60(67)57-52-56(73-59(66)42-46-63-44-35-48-69-51-47-63)53-64(57)45-32-24-23-31-43-62(5,6)61(68)71-50-34-38-54(36-26-13-9-3)37-27-14-10-4/h54-57H,7-53H2,1-6H3/t56-,57-/m0/s1. The number of nitrogens with zero attached hydrogens (tertiary/aromatic N) is 2. The first-order valence-corrected chi connectivity index (χ1v) is 31.3. The minimum atomic E-state index is -0.513. The molecule has 0 radical (unpaired) electrons. The van der Waals surface area contributed by atoms with Crippen molar-refractivity contribution < 1.29 is 42.9 Å². The van der Waals surface area contributed by atoms with Crippen molar-refractivity contribution in [1.82, 2.24) is 9.80 Å². The number of carbonyl (C=O) groups is 4. The van der Waals surface area contributed by atoms with E-state index in [9.17, 15) is 19.2 Å². The van der Waals surface area contributed by atoms with E-state index in [1.54, 1.807) is 0 Å². The average Bonchev–Trinajstić information content (AvgIpc) is 3.58. The van der Waals surface area contributed by atoms with Crippen molar-refractivity contribution >= 4 is 23.9 Å². The average molecular weight is 1030 g/mol. The molecule has 0 amide bonds. The molecule has 0 saturated carbocycles. The van der Waals surface area contributed by atoms with E-state index in [-0.39, 0.29) is 36.1 Å². The lowest BCUT2D eigenvalue weighted by molar-refractivity contribution is -0.154. The molecule has 428 valence electrons. The van der Waals surface area contributed by atoms with Crippen LogP contribution in [0.15, 0.2) is 0 Å². The monoisotopic (exact) mass is 1030 g/mol. The molecule has 0 aromatic rings. The highest BCUT2D eigenvalue weighted by atomic mass is 16.6. The molecule has 0 unspecified atom stereocenters. The molecule has 0 bridgehead atoms. The Hall–Kier alpha value is -2.24. The van der Waals surface area contributed by atoms with Gasteiger partial charge in [-0.25, -0.2) is 0 Å². The topological polar surface area (TPSA) is 121 Å². The Balaban J connectivity index is 1.77. The van der Waals surface area contributed by atoms with Crippen LogP contribution in [0.2, 0.25) is 0 Å².